The highest BCUT2D eigenvalue weighted by Crippen LogP contribution is 2.23. The Morgan fingerprint density at radius 3 is 2.37 bits per heavy atom. The predicted molar refractivity (Wildman–Crippen MR) is 73.2 cm³/mol. The van der Waals surface area contributed by atoms with Crippen molar-refractivity contribution < 1.29 is 9.84 Å². The van der Waals surface area contributed by atoms with Gasteiger partial charge in [-0.3, -0.25) is 4.98 Å². The van der Waals surface area contributed by atoms with Crippen LogP contribution in [0, 0.1) is 13.8 Å². The standard InChI is InChI=1S/C15H18N2O2/c1-10-6-11(2)8-12(7-10)9-13(18)14-15(19-3)17-5-4-16-14/h4-8,13,18H,9H2,1-3H3. The predicted octanol–water partition coefficient (Wildman–Crippen LogP) is 2.38. The van der Waals surface area contributed by atoms with E-state index in [1.807, 2.05) is 13.8 Å². The van der Waals surface area contributed by atoms with Gasteiger partial charge >= 0.3 is 0 Å². The smallest absolute Gasteiger partial charge is 0.238 e. The molecule has 19 heavy (non-hydrogen) atoms. The molecule has 1 N–H and O–H groups in total. The van der Waals surface area contributed by atoms with Crippen LogP contribution in [0.25, 0.3) is 0 Å². The molecule has 2 aromatic rings. The number of benzene rings is 1. The van der Waals surface area contributed by atoms with Gasteiger partial charge in [-0.05, 0) is 19.4 Å². The molecular formula is C15H18N2O2. The van der Waals surface area contributed by atoms with Gasteiger partial charge in [0.1, 0.15) is 11.8 Å². The lowest BCUT2D eigenvalue weighted by atomic mass is 10.0. The lowest BCUT2D eigenvalue weighted by molar-refractivity contribution is 0.167. The van der Waals surface area contributed by atoms with Crippen LogP contribution in [-0.2, 0) is 6.42 Å². The fourth-order valence-corrected chi connectivity index (χ4v) is 2.23. The number of methoxy groups -OCH3 is 1. The zero-order chi connectivity index (χ0) is 13.8. The van der Waals surface area contributed by atoms with Crippen molar-refractivity contribution in [3.05, 3.63) is 53.0 Å². The summed E-state index contributed by atoms with van der Waals surface area (Å²) in [6.07, 6.45) is 2.89. The van der Waals surface area contributed by atoms with Gasteiger partial charge in [-0.25, -0.2) is 4.98 Å². The number of rotatable bonds is 4. The number of aromatic nitrogens is 2. The van der Waals surface area contributed by atoms with Gasteiger partial charge in [0.15, 0.2) is 0 Å². The van der Waals surface area contributed by atoms with Gasteiger partial charge in [-0.15, -0.1) is 0 Å². The molecule has 0 aliphatic rings. The fourth-order valence-electron chi connectivity index (χ4n) is 2.23. The average Bonchev–Trinajstić information content (AvgIpc) is 2.37. The van der Waals surface area contributed by atoms with Gasteiger partial charge in [0.05, 0.1) is 7.11 Å². The number of aliphatic hydroxyl groups is 1. The van der Waals surface area contributed by atoms with E-state index in [1.165, 1.54) is 18.2 Å². The molecule has 0 saturated carbocycles. The highest BCUT2D eigenvalue weighted by Gasteiger charge is 2.16. The monoisotopic (exact) mass is 258 g/mol. The van der Waals surface area contributed by atoms with Crippen LogP contribution in [0.4, 0.5) is 0 Å². The lowest BCUT2D eigenvalue weighted by Crippen LogP contribution is -2.07. The van der Waals surface area contributed by atoms with E-state index in [1.54, 1.807) is 12.4 Å². The minimum atomic E-state index is -0.718. The maximum atomic E-state index is 10.3. The molecule has 1 unspecified atom stereocenters. The Labute approximate surface area is 113 Å². The third-order valence-electron chi connectivity index (χ3n) is 2.91. The van der Waals surface area contributed by atoms with Crippen molar-refractivity contribution in [3.8, 4) is 5.88 Å². The molecule has 1 aromatic heterocycles. The minimum Gasteiger partial charge on any atom is -0.480 e. The molecule has 100 valence electrons. The SMILES string of the molecule is COc1nccnc1C(O)Cc1cc(C)cc(C)c1. The van der Waals surface area contributed by atoms with Crippen molar-refractivity contribution in [2.75, 3.05) is 7.11 Å². The summed E-state index contributed by atoms with van der Waals surface area (Å²) in [6.45, 7) is 4.09. The summed E-state index contributed by atoms with van der Waals surface area (Å²) < 4.78 is 5.12. The van der Waals surface area contributed by atoms with Crippen LogP contribution in [0.3, 0.4) is 0 Å². The topological polar surface area (TPSA) is 55.2 Å². The first-order valence-electron chi connectivity index (χ1n) is 6.20. The molecule has 1 aromatic carbocycles. The van der Waals surface area contributed by atoms with Crippen LogP contribution in [0.2, 0.25) is 0 Å². The van der Waals surface area contributed by atoms with Crippen molar-refractivity contribution in [1.29, 1.82) is 0 Å². The van der Waals surface area contributed by atoms with E-state index >= 15 is 0 Å². The number of aliphatic hydroxyl groups excluding tert-OH is 1. The maximum Gasteiger partial charge on any atom is 0.238 e. The molecule has 1 atom stereocenters. The second-order valence-corrected chi connectivity index (χ2v) is 4.67. The maximum absolute atomic E-state index is 10.3. The lowest BCUT2D eigenvalue weighted by Gasteiger charge is -2.13. The van der Waals surface area contributed by atoms with Gasteiger partial charge in [-0.1, -0.05) is 29.3 Å². The van der Waals surface area contributed by atoms with E-state index in [4.69, 9.17) is 4.74 Å². The summed E-state index contributed by atoms with van der Waals surface area (Å²) >= 11 is 0. The molecule has 0 bridgehead atoms. The summed E-state index contributed by atoms with van der Waals surface area (Å²) in [5, 5.41) is 10.3. The fraction of sp³-hybridized carbons (Fsp3) is 0.333. The van der Waals surface area contributed by atoms with Crippen LogP contribution in [-0.4, -0.2) is 22.2 Å². The largest absolute Gasteiger partial charge is 0.480 e. The first-order valence-corrected chi connectivity index (χ1v) is 6.20. The van der Waals surface area contributed by atoms with Crippen molar-refractivity contribution in [2.24, 2.45) is 0 Å². The molecule has 0 aliphatic carbocycles. The number of ether oxygens (including phenoxy) is 1. The highest BCUT2D eigenvalue weighted by molar-refractivity contribution is 5.30. The second kappa shape index (κ2) is 5.80. The number of aryl methyl sites for hydroxylation is 2. The third kappa shape index (κ3) is 3.29. The van der Waals surface area contributed by atoms with Crippen LogP contribution in [0.5, 0.6) is 5.88 Å². The van der Waals surface area contributed by atoms with Gasteiger partial charge in [-0.2, -0.15) is 0 Å². The Hall–Kier alpha value is -1.94. The molecule has 4 nitrogen and oxygen atoms in total. The summed E-state index contributed by atoms with van der Waals surface area (Å²) in [6, 6.07) is 6.25. The van der Waals surface area contributed by atoms with Crippen LogP contribution >= 0.6 is 0 Å². The summed E-state index contributed by atoms with van der Waals surface area (Å²) in [5.74, 6) is 0.374. The van der Waals surface area contributed by atoms with E-state index in [9.17, 15) is 5.11 Å². The number of nitrogens with zero attached hydrogens (tertiary/aromatic N) is 2. The quantitative estimate of drug-likeness (QED) is 0.914. The second-order valence-electron chi connectivity index (χ2n) is 4.67. The molecular weight excluding hydrogens is 240 g/mol. The number of hydrogen-bond donors (Lipinski definition) is 1. The van der Waals surface area contributed by atoms with Crippen LogP contribution in [0.1, 0.15) is 28.5 Å². The van der Waals surface area contributed by atoms with E-state index < -0.39 is 6.10 Å². The minimum absolute atomic E-state index is 0.374. The third-order valence-corrected chi connectivity index (χ3v) is 2.91. The molecule has 2 rings (SSSR count). The summed E-state index contributed by atoms with van der Waals surface area (Å²) in [4.78, 5) is 8.20. The molecule has 4 heteroatoms. The number of hydrogen-bond acceptors (Lipinski definition) is 4. The Kier molecular flexibility index (Phi) is 4.12. The van der Waals surface area contributed by atoms with Crippen molar-refractivity contribution in [1.82, 2.24) is 9.97 Å². The first-order chi connectivity index (χ1) is 9.10. The van der Waals surface area contributed by atoms with Gasteiger partial charge in [0.25, 0.3) is 0 Å². The molecule has 0 aliphatic heterocycles. The normalized spacial score (nSPS) is 12.2. The van der Waals surface area contributed by atoms with Gasteiger partial charge < -0.3 is 9.84 Å². The molecule has 0 saturated heterocycles. The highest BCUT2D eigenvalue weighted by atomic mass is 16.5. The zero-order valence-electron chi connectivity index (χ0n) is 11.4. The Morgan fingerprint density at radius 1 is 1.11 bits per heavy atom. The molecule has 1 heterocycles. The van der Waals surface area contributed by atoms with Crippen LogP contribution in [0.15, 0.2) is 30.6 Å². The summed E-state index contributed by atoms with van der Waals surface area (Å²) in [5.41, 5.74) is 3.93. The first kappa shape index (κ1) is 13.5. The average molecular weight is 258 g/mol. The Morgan fingerprint density at radius 2 is 1.74 bits per heavy atom. The Bertz CT molecular complexity index is 550. The molecule has 0 fully saturated rings. The van der Waals surface area contributed by atoms with E-state index in [0.29, 0.717) is 18.0 Å². The van der Waals surface area contributed by atoms with E-state index in [2.05, 4.69) is 28.2 Å². The van der Waals surface area contributed by atoms with E-state index in [-0.39, 0.29) is 0 Å². The van der Waals surface area contributed by atoms with Crippen molar-refractivity contribution in [2.45, 2.75) is 26.4 Å². The van der Waals surface area contributed by atoms with E-state index in [0.717, 1.165) is 5.56 Å². The Balaban J connectivity index is 2.22. The summed E-state index contributed by atoms with van der Waals surface area (Å²) in [7, 11) is 1.52. The molecule has 0 radical (unpaired) electrons. The molecule has 0 spiro atoms. The zero-order valence-corrected chi connectivity index (χ0v) is 11.4. The van der Waals surface area contributed by atoms with Crippen LogP contribution < -0.4 is 4.74 Å². The van der Waals surface area contributed by atoms with Crippen molar-refractivity contribution >= 4 is 0 Å². The molecule has 0 amide bonds. The van der Waals surface area contributed by atoms with Gasteiger partial charge in [0, 0.05) is 18.8 Å². The van der Waals surface area contributed by atoms with Gasteiger partial charge in [0.2, 0.25) is 5.88 Å². The van der Waals surface area contributed by atoms with Crippen molar-refractivity contribution in [3.63, 3.8) is 0 Å².